The van der Waals surface area contributed by atoms with Gasteiger partial charge in [0.25, 0.3) is 0 Å². The molecule has 2 nitrogen and oxygen atoms in total. The molecule has 0 aliphatic carbocycles. The fraction of sp³-hybridized carbons (Fsp3) is 0.900. The smallest absolute Gasteiger partial charge is 0.0991 e. The fourth-order valence-corrected chi connectivity index (χ4v) is 1.19. The summed E-state index contributed by atoms with van der Waals surface area (Å²) in [7, 11) is 0. The molecule has 0 aliphatic rings. The van der Waals surface area contributed by atoms with Gasteiger partial charge in [-0.1, -0.05) is 13.3 Å². The van der Waals surface area contributed by atoms with Gasteiger partial charge in [-0.2, -0.15) is 0 Å². The average molecular weight is 310 g/mol. The minimum atomic E-state index is -0.709. The van der Waals surface area contributed by atoms with Crippen molar-refractivity contribution in [1.29, 1.82) is 0 Å². The van der Waals surface area contributed by atoms with Gasteiger partial charge in [-0.05, 0) is 34.1 Å². The molecule has 75 valence electrons. The van der Waals surface area contributed by atoms with Gasteiger partial charge in [0, 0.05) is 47.4 Å². The number of aliphatic imine (C=N–C) groups is 1. The molecule has 13 heavy (non-hydrogen) atoms. The Bertz CT molecular complexity index is 164. The standard InChI is InChI=1S/C10H21NO.La/c1-6-7-10(5,12)9(4)11-8(2)3;/h8,12H,6-7H2,1-5H3;. The van der Waals surface area contributed by atoms with Gasteiger partial charge in [0.2, 0.25) is 0 Å². The van der Waals surface area contributed by atoms with Crippen LogP contribution in [0, 0.1) is 35.6 Å². The van der Waals surface area contributed by atoms with Crippen molar-refractivity contribution in [3.05, 3.63) is 0 Å². The molecular formula is C10H21LaNO. The van der Waals surface area contributed by atoms with Crippen LogP contribution in [0.1, 0.15) is 47.5 Å². The van der Waals surface area contributed by atoms with E-state index >= 15 is 0 Å². The van der Waals surface area contributed by atoms with Crippen molar-refractivity contribution < 1.29 is 40.7 Å². The van der Waals surface area contributed by atoms with Gasteiger partial charge in [0.15, 0.2) is 0 Å². The molecular weight excluding hydrogens is 289 g/mol. The first-order valence-electron chi connectivity index (χ1n) is 4.67. The maximum atomic E-state index is 9.90. The zero-order chi connectivity index (χ0) is 9.78. The van der Waals surface area contributed by atoms with Crippen molar-refractivity contribution in [2.45, 2.75) is 59.1 Å². The fourth-order valence-electron chi connectivity index (χ4n) is 1.19. The third kappa shape index (κ3) is 6.84. The molecule has 0 saturated heterocycles. The molecule has 0 fully saturated rings. The van der Waals surface area contributed by atoms with E-state index < -0.39 is 5.60 Å². The predicted octanol–water partition coefficient (Wildman–Crippen LogP) is 2.41. The van der Waals surface area contributed by atoms with Crippen molar-refractivity contribution >= 4 is 5.71 Å². The zero-order valence-corrected chi connectivity index (χ0v) is 13.1. The molecule has 0 amide bonds. The molecule has 1 unspecified atom stereocenters. The summed E-state index contributed by atoms with van der Waals surface area (Å²) >= 11 is 0. The van der Waals surface area contributed by atoms with E-state index in [1.54, 1.807) is 0 Å². The van der Waals surface area contributed by atoms with E-state index in [9.17, 15) is 5.11 Å². The van der Waals surface area contributed by atoms with Crippen LogP contribution in [0.4, 0.5) is 0 Å². The molecule has 0 aromatic rings. The molecule has 0 heterocycles. The molecule has 0 saturated carbocycles. The summed E-state index contributed by atoms with van der Waals surface area (Å²) in [6.07, 6.45) is 1.77. The van der Waals surface area contributed by atoms with Crippen LogP contribution in [-0.4, -0.2) is 22.5 Å². The van der Waals surface area contributed by atoms with E-state index in [0.29, 0.717) is 0 Å². The SMILES string of the molecule is CCCC(C)(O)C(C)=NC(C)C.[La]. The van der Waals surface area contributed by atoms with Crippen molar-refractivity contribution in [2.24, 2.45) is 4.99 Å². The van der Waals surface area contributed by atoms with Crippen LogP contribution in [0.25, 0.3) is 0 Å². The van der Waals surface area contributed by atoms with Gasteiger partial charge in [0.1, 0.15) is 0 Å². The van der Waals surface area contributed by atoms with E-state index in [0.717, 1.165) is 18.6 Å². The Balaban J connectivity index is 0. The summed E-state index contributed by atoms with van der Waals surface area (Å²) in [6, 6.07) is 0.272. The Morgan fingerprint density at radius 3 is 2.23 bits per heavy atom. The van der Waals surface area contributed by atoms with Gasteiger partial charge in [-0.15, -0.1) is 0 Å². The topological polar surface area (TPSA) is 32.6 Å². The predicted molar refractivity (Wildman–Crippen MR) is 53.8 cm³/mol. The first-order valence-corrected chi connectivity index (χ1v) is 4.67. The molecule has 1 atom stereocenters. The summed E-state index contributed by atoms with van der Waals surface area (Å²) in [5.41, 5.74) is 0.137. The van der Waals surface area contributed by atoms with Gasteiger partial charge in [0.05, 0.1) is 5.60 Å². The molecule has 0 aliphatic heterocycles. The quantitative estimate of drug-likeness (QED) is 0.795. The summed E-state index contributed by atoms with van der Waals surface area (Å²) in [4.78, 5) is 4.33. The minimum absolute atomic E-state index is 0. The number of nitrogens with zero attached hydrogens (tertiary/aromatic N) is 1. The molecule has 0 aromatic carbocycles. The van der Waals surface area contributed by atoms with E-state index in [4.69, 9.17) is 0 Å². The van der Waals surface area contributed by atoms with Crippen LogP contribution >= 0.6 is 0 Å². The van der Waals surface area contributed by atoms with Crippen LogP contribution in [-0.2, 0) is 0 Å². The number of aliphatic hydroxyl groups is 1. The second-order valence-corrected chi connectivity index (χ2v) is 3.83. The minimum Gasteiger partial charge on any atom is -0.384 e. The average Bonchev–Trinajstić information content (AvgIpc) is 1.85. The third-order valence-corrected chi connectivity index (χ3v) is 1.97. The van der Waals surface area contributed by atoms with Gasteiger partial charge in [-0.25, -0.2) is 0 Å². The molecule has 3 heteroatoms. The van der Waals surface area contributed by atoms with E-state index in [2.05, 4.69) is 11.9 Å². The van der Waals surface area contributed by atoms with Crippen LogP contribution in [0.15, 0.2) is 4.99 Å². The summed E-state index contributed by atoms with van der Waals surface area (Å²) in [6.45, 7) is 9.83. The molecule has 1 N–H and O–H groups in total. The number of rotatable bonds is 4. The second-order valence-electron chi connectivity index (χ2n) is 3.83. The maximum absolute atomic E-state index is 9.90. The van der Waals surface area contributed by atoms with Crippen LogP contribution in [0.3, 0.4) is 0 Å². The van der Waals surface area contributed by atoms with Gasteiger partial charge >= 0.3 is 0 Å². The normalized spacial score (nSPS) is 16.7. The summed E-state index contributed by atoms with van der Waals surface area (Å²) in [5.74, 6) is 0. The number of hydrogen-bond acceptors (Lipinski definition) is 2. The Kier molecular flexibility index (Phi) is 8.96. The van der Waals surface area contributed by atoms with Crippen molar-refractivity contribution in [3.8, 4) is 0 Å². The van der Waals surface area contributed by atoms with Crippen molar-refractivity contribution in [1.82, 2.24) is 0 Å². The first kappa shape index (κ1) is 16.3. The molecule has 0 rings (SSSR count). The van der Waals surface area contributed by atoms with Crippen molar-refractivity contribution in [3.63, 3.8) is 0 Å². The first-order chi connectivity index (χ1) is 5.40. The Hall–Kier alpha value is 0.825. The van der Waals surface area contributed by atoms with Crippen molar-refractivity contribution in [2.75, 3.05) is 0 Å². The molecule has 0 bridgehead atoms. The van der Waals surface area contributed by atoms with Gasteiger partial charge < -0.3 is 5.11 Å². The Morgan fingerprint density at radius 1 is 1.46 bits per heavy atom. The van der Waals surface area contributed by atoms with E-state index in [1.807, 2.05) is 27.7 Å². The summed E-state index contributed by atoms with van der Waals surface area (Å²) in [5, 5.41) is 9.90. The Labute approximate surface area is 110 Å². The molecule has 0 aromatic heterocycles. The van der Waals surface area contributed by atoms with Crippen LogP contribution in [0.5, 0.6) is 0 Å². The van der Waals surface area contributed by atoms with Crippen LogP contribution in [0.2, 0.25) is 0 Å². The number of hydrogen-bond donors (Lipinski definition) is 1. The van der Waals surface area contributed by atoms with Gasteiger partial charge in [-0.3, -0.25) is 4.99 Å². The second kappa shape index (κ2) is 7.16. The zero-order valence-electron chi connectivity index (χ0n) is 9.46. The van der Waals surface area contributed by atoms with E-state index in [-0.39, 0.29) is 41.6 Å². The largest absolute Gasteiger partial charge is 0.384 e. The molecule has 0 spiro atoms. The van der Waals surface area contributed by atoms with Crippen LogP contribution < -0.4 is 0 Å². The Morgan fingerprint density at radius 2 is 1.92 bits per heavy atom. The molecule has 1 radical (unpaired) electrons. The monoisotopic (exact) mass is 310 g/mol. The van der Waals surface area contributed by atoms with E-state index in [1.165, 1.54) is 0 Å². The summed E-state index contributed by atoms with van der Waals surface area (Å²) < 4.78 is 0. The third-order valence-electron chi connectivity index (χ3n) is 1.97. The maximum Gasteiger partial charge on any atom is 0.0991 e.